The van der Waals surface area contributed by atoms with Gasteiger partial charge in [0.1, 0.15) is 6.23 Å². The number of hydrogen-bond acceptors (Lipinski definition) is 3. The van der Waals surface area contributed by atoms with Gasteiger partial charge in [-0.3, -0.25) is 0 Å². The predicted molar refractivity (Wildman–Crippen MR) is 83.2 cm³/mol. The minimum absolute atomic E-state index is 0.000794. The molecule has 0 saturated heterocycles. The molecule has 1 aromatic rings. The van der Waals surface area contributed by atoms with Gasteiger partial charge in [0.15, 0.2) is 0 Å². The SMILES string of the molecule is CCO[Si](C)(OC(C)N([O])C(F)(F)C(F)(F)C(F)(F)C(F)F)c1ccccc1. The van der Waals surface area contributed by atoms with Crippen LogP contribution in [0.5, 0.6) is 0 Å². The molecule has 0 aliphatic heterocycles. The van der Waals surface area contributed by atoms with Gasteiger partial charge >= 0.3 is 32.9 Å². The van der Waals surface area contributed by atoms with E-state index in [-0.39, 0.29) is 6.61 Å². The van der Waals surface area contributed by atoms with Crippen molar-refractivity contribution in [1.29, 1.82) is 0 Å². The fraction of sp³-hybridized carbons (Fsp3) is 0.600. The lowest BCUT2D eigenvalue weighted by Gasteiger charge is -2.38. The highest BCUT2D eigenvalue weighted by Gasteiger charge is 2.78. The van der Waals surface area contributed by atoms with Crippen molar-refractivity contribution in [2.45, 2.75) is 50.9 Å². The standard InChI is InChI=1S/C15H18F8NO3Si/c1-4-26-28(3,11-8-6-5-7-9-11)27-10(2)24(25)15(22,23)14(20,21)13(18,19)12(16)17/h5-10,12H,4H2,1-3H3. The summed E-state index contributed by atoms with van der Waals surface area (Å²) in [6, 6.07) is 1.44. The molecule has 0 aliphatic rings. The summed E-state index contributed by atoms with van der Waals surface area (Å²) in [5, 5.41) is 10.3. The molecule has 2 atom stereocenters. The quantitative estimate of drug-likeness (QED) is 0.181. The van der Waals surface area contributed by atoms with Crippen LogP contribution in [0.25, 0.3) is 0 Å². The van der Waals surface area contributed by atoms with Gasteiger partial charge in [-0.15, -0.1) is 5.21 Å². The van der Waals surface area contributed by atoms with Crippen LogP contribution in [0.1, 0.15) is 13.8 Å². The summed E-state index contributed by atoms with van der Waals surface area (Å²) in [6.07, 6.45) is -7.54. The Morgan fingerprint density at radius 2 is 1.57 bits per heavy atom. The largest absolute Gasteiger partial charge is 0.399 e. The normalized spacial score (nSPS) is 17.1. The molecule has 0 N–H and O–H groups in total. The summed E-state index contributed by atoms with van der Waals surface area (Å²) in [6.45, 7) is 3.44. The van der Waals surface area contributed by atoms with Crippen molar-refractivity contribution >= 4 is 13.7 Å². The molecule has 0 fully saturated rings. The molecule has 1 rings (SSSR count). The van der Waals surface area contributed by atoms with Gasteiger partial charge in [-0.05, 0) is 25.6 Å². The molecule has 0 aromatic heterocycles. The molecule has 1 radical (unpaired) electrons. The van der Waals surface area contributed by atoms with Crippen LogP contribution in [-0.2, 0) is 14.1 Å². The van der Waals surface area contributed by atoms with Gasteiger partial charge in [0, 0.05) is 6.61 Å². The molecule has 0 heterocycles. The van der Waals surface area contributed by atoms with Crippen molar-refractivity contribution in [2.24, 2.45) is 0 Å². The van der Waals surface area contributed by atoms with E-state index in [4.69, 9.17) is 8.85 Å². The summed E-state index contributed by atoms with van der Waals surface area (Å²) < 4.78 is 115. The van der Waals surface area contributed by atoms with Gasteiger partial charge in [0.05, 0.1) is 0 Å². The Morgan fingerprint density at radius 3 is 2.00 bits per heavy atom. The van der Waals surface area contributed by atoms with Crippen LogP contribution in [0.2, 0.25) is 6.55 Å². The smallest absolute Gasteiger partial charge is 0.391 e. The fourth-order valence-electron chi connectivity index (χ4n) is 2.28. The fourth-order valence-corrected chi connectivity index (χ4v) is 4.75. The van der Waals surface area contributed by atoms with E-state index in [9.17, 15) is 40.3 Å². The summed E-state index contributed by atoms with van der Waals surface area (Å²) in [4.78, 5) is 0. The van der Waals surface area contributed by atoms with E-state index in [0.29, 0.717) is 12.1 Å². The molecule has 161 valence electrons. The van der Waals surface area contributed by atoms with Crippen LogP contribution in [-0.4, -0.2) is 50.8 Å². The van der Waals surface area contributed by atoms with E-state index in [0.717, 1.165) is 0 Å². The van der Waals surface area contributed by atoms with Crippen molar-refractivity contribution < 1.29 is 49.2 Å². The maximum atomic E-state index is 13.8. The third-order valence-electron chi connectivity index (χ3n) is 3.79. The second-order valence-electron chi connectivity index (χ2n) is 5.83. The minimum atomic E-state index is -6.66. The van der Waals surface area contributed by atoms with E-state index in [1.165, 1.54) is 37.7 Å². The van der Waals surface area contributed by atoms with Crippen LogP contribution in [0.4, 0.5) is 35.1 Å². The molecule has 0 aliphatic carbocycles. The Morgan fingerprint density at radius 1 is 1.07 bits per heavy atom. The van der Waals surface area contributed by atoms with Gasteiger partial charge in [-0.2, -0.15) is 26.3 Å². The van der Waals surface area contributed by atoms with E-state index in [1.54, 1.807) is 6.07 Å². The van der Waals surface area contributed by atoms with E-state index in [2.05, 4.69) is 0 Å². The Labute approximate surface area is 156 Å². The van der Waals surface area contributed by atoms with Crippen molar-refractivity contribution in [3.63, 3.8) is 0 Å². The summed E-state index contributed by atoms with van der Waals surface area (Å²) in [5.41, 5.74) is 0. The van der Waals surface area contributed by atoms with Crippen LogP contribution < -0.4 is 5.19 Å². The molecule has 4 nitrogen and oxygen atoms in total. The number of hydroxylamine groups is 2. The number of benzene rings is 1. The molecule has 0 spiro atoms. The average Bonchev–Trinajstić information content (AvgIpc) is 2.61. The Hall–Kier alpha value is -1.28. The van der Waals surface area contributed by atoms with E-state index >= 15 is 0 Å². The third kappa shape index (κ3) is 4.48. The maximum absolute atomic E-state index is 13.8. The van der Waals surface area contributed by atoms with E-state index < -0.39 is 44.2 Å². The number of hydrogen-bond donors (Lipinski definition) is 0. The summed E-state index contributed by atoms with van der Waals surface area (Å²) in [5.74, 6) is -13.1. The highest BCUT2D eigenvalue weighted by atomic mass is 28.4. The highest BCUT2D eigenvalue weighted by Crippen LogP contribution is 2.50. The lowest BCUT2D eigenvalue weighted by Crippen LogP contribution is -2.66. The van der Waals surface area contributed by atoms with Gasteiger partial charge in [-0.25, -0.2) is 8.78 Å². The van der Waals surface area contributed by atoms with Gasteiger partial charge in [-0.1, -0.05) is 35.4 Å². The first-order valence-electron chi connectivity index (χ1n) is 7.90. The van der Waals surface area contributed by atoms with Gasteiger partial charge in [0.2, 0.25) is 0 Å². The molecule has 2 unspecified atom stereocenters. The first-order valence-corrected chi connectivity index (χ1v) is 10.2. The number of halogens is 8. The first-order chi connectivity index (χ1) is 12.6. The van der Waals surface area contributed by atoms with Crippen LogP contribution >= 0.6 is 0 Å². The highest BCUT2D eigenvalue weighted by molar-refractivity contribution is 6.80. The minimum Gasteiger partial charge on any atom is -0.391 e. The van der Waals surface area contributed by atoms with Crippen LogP contribution in [0, 0.1) is 0 Å². The molecule has 28 heavy (non-hydrogen) atoms. The van der Waals surface area contributed by atoms with Crippen molar-refractivity contribution in [3.8, 4) is 0 Å². The lowest BCUT2D eigenvalue weighted by molar-refractivity contribution is -0.454. The van der Waals surface area contributed by atoms with Crippen molar-refractivity contribution in [1.82, 2.24) is 5.06 Å². The molecule has 0 amide bonds. The number of nitrogens with zero attached hydrogens (tertiary/aromatic N) is 1. The Balaban J connectivity index is 3.17. The second kappa shape index (κ2) is 8.61. The monoisotopic (exact) mass is 440 g/mol. The predicted octanol–water partition coefficient (Wildman–Crippen LogP) is 4.14. The van der Waals surface area contributed by atoms with Gasteiger partial charge in [0.25, 0.3) is 0 Å². The third-order valence-corrected chi connectivity index (χ3v) is 6.80. The zero-order chi connectivity index (χ0) is 22.0. The number of alkyl halides is 8. The summed E-state index contributed by atoms with van der Waals surface area (Å²) >= 11 is 0. The van der Waals surface area contributed by atoms with Crippen molar-refractivity contribution in [3.05, 3.63) is 30.3 Å². The summed E-state index contributed by atoms with van der Waals surface area (Å²) in [7, 11) is -3.61. The molecule has 0 bridgehead atoms. The average molecular weight is 440 g/mol. The first kappa shape index (κ1) is 24.8. The van der Waals surface area contributed by atoms with Gasteiger partial charge < -0.3 is 8.85 Å². The zero-order valence-electron chi connectivity index (χ0n) is 14.9. The zero-order valence-corrected chi connectivity index (χ0v) is 15.9. The Bertz CT molecular complexity index is 637. The molecule has 13 heteroatoms. The Kier molecular flexibility index (Phi) is 7.61. The molecule has 1 aromatic carbocycles. The van der Waals surface area contributed by atoms with Crippen molar-refractivity contribution in [2.75, 3.05) is 6.61 Å². The van der Waals surface area contributed by atoms with E-state index in [1.807, 2.05) is 0 Å². The number of rotatable bonds is 10. The van der Waals surface area contributed by atoms with Crippen LogP contribution in [0.15, 0.2) is 30.3 Å². The van der Waals surface area contributed by atoms with Crippen LogP contribution in [0.3, 0.4) is 0 Å². The molecular weight excluding hydrogens is 422 g/mol. The maximum Gasteiger partial charge on any atom is 0.399 e. The second-order valence-corrected chi connectivity index (χ2v) is 8.82. The molecule has 0 saturated carbocycles. The lowest BCUT2D eigenvalue weighted by atomic mass is 10.1. The topological polar surface area (TPSA) is 41.6 Å². The molecular formula is C15H18F8NO3Si.